The third-order valence-corrected chi connectivity index (χ3v) is 2.88. The van der Waals surface area contributed by atoms with Gasteiger partial charge in [-0.25, -0.2) is 13.2 Å². The maximum absolute atomic E-state index is 13.4. The molecule has 1 saturated heterocycles. The minimum Gasteiger partial charge on any atom is -0.371 e. The Kier molecular flexibility index (Phi) is 3.46. The maximum Gasteiger partial charge on any atom is 0.252 e. The monoisotopic (exact) mass is 272 g/mol. The standard InChI is InChI=1S/C12H11F3N2O2/c1-2-17-10(18)5-9(12(17)19)16-8-4-6(13)3-7(14)11(8)15/h3-4,9,16H,2,5H2,1H3. The zero-order chi connectivity index (χ0) is 14.2. The van der Waals surface area contributed by atoms with Crippen LogP contribution in [-0.4, -0.2) is 29.3 Å². The molecule has 1 N–H and O–H groups in total. The minimum atomic E-state index is -1.35. The number of carbonyl (C=O) groups is 2. The molecular formula is C12H11F3N2O2. The van der Waals surface area contributed by atoms with Crippen LogP contribution in [0.4, 0.5) is 18.9 Å². The molecule has 1 unspecified atom stereocenters. The third-order valence-electron chi connectivity index (χ3n) is 2.88. The number of likely N-dealkylation sites (N-methyl/N-ethyl adjacent to an activating group) is 1. The molecule has 0 spiro atoms. The number of benzene rings is 1. The van der Waals surface area contributed by atoms with Gasteiger partial charge in [-0.3, -0.25) is 14.5 Å². The van der Waals surface area contributed by atoms with Crippen molar-refractivity contribution in [3.8, 4) is 0 Å². The zero-order valence-corrected chi connectivity index (χ0v) is 10.0. The van der Waals surface area contributed by atoms with Crippen molar-refractivity contribution in [2.75, 3.05) is 11.9 Å². The Hall–Kier alpha value is -2.05. The fourth-order valence-electron chi connectivity index (χ4n) is 1.98. The number of halogens is 3. The van der Waals surface area contributed by atoms with Crippen LogP contribution < -0.4 is 5.32 Å². The molecule has 1 fully saturated rings. The summed E-state index contributed by atoms with van der Waals surface area (Å²) in [5.74, 6) is -4.53. The van der Waals surface area contributed by atoms with Crippen LogP contribution >= 0.6 is 0 Å². The number of nitrogens with one attached hydrogen (secondary N) is 1. The summed E-state index contributed by atoms with van der Waals surface area (Å²) in [5.41, 5.74) is -0.471. The molecule has 0 aliphatic carbocycles. The first-order chi connectivity index (χ1) is 8.93. The first kappa shape index (κ1) is 13.4. The van der Waals surface area contributed by atoms with E-state index in [9.17, 15) is 22.8 Å². The van der Waals surface area contributed by atoms with E-state index in [1.165, 1.54) is 0 Å². The summed E-state index contributed by atoms with van der Waals surface area (Å²) in [6.07, 6.45) is -0.162. The van der Waals surface area contributed by atoms with Gasteiger partial charge in [-0.1, -0.05) is 0 Å². The van der Waals surface area contributed by atoms with Gasteiger partial charge in [0.05, 0.1) is 12.1 Å². The second kappa shape index (κ2) is 4.91. The van der Waals surface area contributed by atoms with E-state index in [-0.39, 0.29) is 13.0 Å². The number of anilines is 1. The van der Waals surface area contributed by atoms with Gasteiger partial charge < -0.3 is 5.32 Å². The molecule has 0 radical (unpaired) electrons. The summed E-state index contributed by atoms with van der Waals surface area (Å²) in [5, 5.41) is 2.37. The normalized spacial score (nSPS) is 19.2. The lowest BCUT2D eigenvalue weighted by Crippen LogP contribution is -2.34. The van der Waals surface area contributed by atoms with Crippen molar-refractivity contribution in [3.05, 3.63) is 29.6 Å². The van der Waals surface area contributed by atoms with E-state index in [0.717, 1.165) is 11.0 Å². The molecule has 19 heavy (non-hydrogen) atoms. The molecule has 4 nitrogen and oxygen atoms in total. The van der Waals surface area contributed by atoms with Crippen LogP contribution in [0.25, 0.3) is 0 Å². The van der Waals surface area contributed by atoms with Crippen molar-refractivity contribution in [1.29, 1.82) is 0 Å². The molecule has 1 heterocycles. The van der Waals surface area contributed by atoms with Gasteiger partial charge in [0.15, 0.2) is 11.6 Å². The van der Waals surface area contributed by atoms with Crippen molar-refractivity contribution >= 4 is 17.5 Å². The topological polar surface area (TPSA) is 49.4 Å². The zero-order valence-electron chi connectivity index (χ0n) is 10.0. The number of nitrogens with zero attached hydrogens (tertiary/aromatic N) is 1. The highest BCUT2D eigenvalue weighted by Crippen LogP contribution is 2.23. The number of carbonyl (C=O) groups excluding carboxylic acids is 2. The van der Waals surface area contributed by atoms with Gasteiger partial charge in [0, 0.05) is 18.7 Å². The maximum atomic E-state index is 13.4. The van der Waals surface area contributed by atoms with E-state index in [2.05, 4.69) is 5.32 Å². The van der Waals surface area contributed by atoms with Crippen LogP contribution in [0.3, 0.4) is 0 Å². The lowest BCUT2D eigenvalue weighted by atomic mass is 10.2. The number of hydrogen-bond donors (Lipinski definition) is 1. The Bertz CT molecular complexity index is 548. The average molecular weight is 272 g/mol. The molecule has 0 aromatic heterocycles. The molecule has 102 valence electrons. The van der Waals surface area contributed by atoms with E-state index in [1.54, 1.807) is 6.92 Å². The quantitative estimate of drug-likeness (QED) is 0.672. The predicted octanol–water partition coefficient (Wildman–Crippen LogP) is 1.66. The molecule has 0 saturated carbocycles. The molecule has 1 aliphatic rings. The van der Waals surface area contributed by atoms with Gasteiger partial charge in [0.2, 0.25) is 5.91 Å². The number of imide groups is 1. The molecule has 1 aliphatic heterocycles. The molecule has 2 rings (SSSR count). The lowest BCUT2D eigenvalue weighted by Gasteiger charge is -2.14. The van der Waals surface area contributed by atoms with Gasteiger partial charge in [-0.2, -0.15) is 0 Å². The van der Waals surface area contributed by atoms with Gasteiger partial charge in [-0.15, -0.1) is 0 Å². The van der Waals surface area contributed by atoms with E-state index in [4.69, 9.17) is 0 Å². The van der Waals surface area contributed by atoms with Crippen LogP contribution in [0.15, 0.2) is 12.1 Å². The molecule has 0 bridgehead atoms. The molecule has 7 heteroatoms. The lowest BCUT2D eigenvalue weighted by molar-refractivity contribution is -0.138. The Morgan fingerprint density at radius 3 is 2.58 bits per heavy atom. The van der Waals surface area contributed by atoms with Gasteiger partial charge >= 0.3 is 0 Å². The number of hydrogen-bond acceptors (Lipinski definition) is 3. The van der Waals surface area contributed by atoms with Crippen molar-refractivity contribution in [2.24, 2.45) is 0 Å². The number of likely N-dealkylation sites (tertiary alicyclic amines) is 1. The highest BCUT2D eigenvalue weighted by Gasteiger charge is 2.37. The first-order valence-electron chi connectivity index (χ1n) is 5.69. The van der Waals surface area contributed by atoms with Crippen molar-refractivity contribution in [2.45, 2.75) is 19.4 Å². The van der Waals surface area contributed by atoms with E-state index in [1.807, 2.05) is 0 Å². The van der Waals surface area contributed by atoms with Crippen molar-refractivity contribution < 1.29 is 22.8 Å². The molecule has 2 amide bonds. The summed E-state index contributed by atoms with van der Waals surface area (Å²) in [7, 11) is 0. The Morgan fingerprint density at radius 2 is 2.00 bits per heavy atom. The smallest absolute Gasteiger partial charge is 0.252 e. The van der Waals surface area contributed by atoms with Gasteiger partial charge in [0.25, 0.3) is 5.91 Å². The second-order valence-electron chi connectivity index (χ2n) is 4.13. The second-order valence-corrected chi connectivity index (χ2v) is 4.13. The minimum absolute atomic E-state index is 0.162. The largest absolute Gasteiger partial charge is 0.371 e. The van der Waals surface area contributed by atoms with Gasteiger partial charge in [-0.05, 0) is 6.92 Å². The predicted molar refractivity (Wildman–Crippen MR) is 60.7 cm³/mol. The molecule has 1 aromatic carbocycles. The highest BCUT2D eigenvalue weighted by molar-refractivity contribution is 6.06. The van der Waals surface area contributed by atoms with Crippen molar-refractivity contribution in [3.63, 3.8) is 0 Å². The summed E-state index contributed by atoms with van der Waals surface area (Å²) in [6, 6.07) is 0.147. The highest BCUT2D eigenvalue weighted by atomic mass is 19.2. The molecular weight excluding hydrogens is 261 g/mol. The SMILES string of the molecule is CCN1C(=O)CC(Nc2cc(F)cc(F)c2F)C1=O. The molecule has 1 aromatic rings. The summed E-state index contributed by atoms with van der Waals surface area (Å²) >= 11 is 0. The Morgan fingerprint density at radius 1 is 1.32 bits per heavy atom. The van der Waals surface area contributed by atoms with Gasteiger partial charge in [0.1, 0.15) is 11.9 Å². The average Bonchev–Trinajstić information content (AvgIpc) is 2.60. The van der Waals surface area contributed by atoms with E-state index in [0.29, 0.717) is 6.07 Å². The summed E-state index contributed by atoms with van der Waals surface area (Å²) < 4.78 is 39.4. The van der Waals surface area contributed by atoms with E-state index >= 15 is 0 Å². The summed E-state index contributed by atoms with van der Waals surface area (Å²) in [4.78, 5) is 24.2. The molecule has 1 atom stereocenters. The third kappa shape index (κ3) is 2.40. The van der Waals surface area contributed by atoms with Crippen LogP contribution in [0, 0.1) is 17.5 Å². The van der Waals surface area contributed by atoms with Crippen LogP contribution in [0.2, 0.25) is 0 Å². The van der Waals surface area contributed by atoms with Crippen molar-refractivity contribution in [1.82, 2.24) is 4.90 Å². The van der Waals surface area contributed by atoms with Crippen LogP contribution in [0.5, 0.6) is 0 Å². The number of amides is 2. The van der Waals surface area contributed by atoms with Crippen LogP contribution in [-0.2, 0) is 9.59 Å². The fraction of sp³-hybridized carbons (Fsp3) is 0.333. The summed E-state index contributed by atoms with van der Waals surface area (Å²) in [6.45, 7) is 1.83. The first-order valence-corrected chi connectivity index (χ1v) is 5.69. The Balaban J connectivity index is 2.23. The van der Waals surface area contributed by atoms with Crippen LogP contribution in [0.1, 0.15) is 13.3 Å². The number of rotatable bonds is 3. The Labute approximate surface area is 107 Å². The fourth-order valence-corrected chi connectivity index (χ4v) is 1.98. The van der Waals surface area contributed by atoms with E-state index < -0.39 is 41.0 Å².